The van der Waals surface area contributed by atoms with Gasteiger partial charge in [0.25, 0.3) is 5.91 Å². The fourth-order valence-corrected chi connectivity index (χ4v) is 2.52. The molecule has 98 valence electrons. The van der Waals surface area contributed by atoms with E-state index >= 15 is 0 Å². The Morgan fingerprint density at radius 3 is 2.89 bits per heavy atom. The van der Waals surface area contributed by atoms with Crippen LogP contribution in [0, 0.1) is 12.8 Å². The lowest BCUT2D eigenvalue weighted by atomic mass is 10.0. The van der Waals surface area contributed by atoms with E-state index in [9.17, 15) is 9.90 Å². The van der Waals surface area contributed by atoms with Crippen molar-refractivity contribution in [2.75, 3.05) is 12.3 Å². The molecule has 4 nitrogen and oxygen atoms in total. The van der Waals surface area contributed by atoms with Gasteiger partial charge in [-0.15, -0.1) is 0 Å². The van der Waals surface area contributed by atoms with E-state index in [1.54, 1.807) is 18.2 Å². The van der Waals surface area contributed by atoms with Crippen LogP contribution in [0.15, 0.2) is 18.2 Å². The highest BCUT2D eigenvalue weighted by molar-refractivity contribution is 5.96. The zero-order chi connectivity index (χ0) is 13.1. The Balaban J connectivity index is 1.95. The zero-order valence-corrected chi connectivity index (χ0v) is 10.6. The number of carbonyl (C=O) groups excluding carboxylic acids is 1. The fraction of sp³-hybridized carbons (Fsp3) is 0.500. The van der Waals surface area contributed by atoms with Gasteiger partial charge in [0.2, 0.25) is 0 Å². The van der Waals surface area contributed by atoms with E-state index in [0.717, 1.165) is 24.8 Å². The number of anilines is 1. The molecule has 1 saturated carbocycles. The standard InChI is InChI=1S/C14H20N2O2/c1-9-7-11(15)5-6-12(9)14(18)16-8-10-3-2-4-13(10)17/h5-7,10,13,17H,2-4,8,15H2,1H3,(H,16,18). The minimum atomic E-state index is -0.266. The Hall–Kier alpha value is -1.55. The van der Waals surface area contributed by atoms with Gasteiger partial charge in [-0.2, -0.15) is 0 Å². The highest BCUT2D eigenvalue weighted by Gasteiger charge is 2.25. The summed E-state index contributed by atoms with van der Waals surface area (Å²) in [7, 11) is 0. The molecular formula is C14H20N2O2. The first-order valence-electron chi connectivity index (χ1n) is 6.40. The number of aliphatic hydroxyl groups is 1. The fourth-order valence-electron chi connectivity index (χ4n) is 2.52. The third-order valence-corrected chi connectivity index (χ3v) is 3.64. The lowest BCUT2D eigenvalue weighted by molar-refractivity contribution is 0.0916. The second kappa shape index (κ2) is 5.40. The number of hydrogen-bond acceptors (Lipinski definition) is 3. The topological polar surface area (TPSA) is 75.4 Å². The van der Waals surface area contributed by atoms with E-state index in [2.05, 4.69) is 5.32 Å². The van der Waals surface area contributed by atoms with Gasteiger partial charge in [-0.1, -0.05) is 6.42 Å². The number of aryl methyl sites for hydroxylation is 1. The molecule has 0 heterocycles. The van der Waals surface area contributed by atoms with Crippen LogP contribution >= 0.6 is 0 Å². The summed E-state index contributed by atoms with van der Waals surface area (Å²) in [6.45, 7) is 2.42. The van der Waals surface area contributed by atoms with Crippen molar-refractivity contribution >= 4 is 11.6 Å². The van der Waals surface area contributed by atoms with E-state index in [4.69, 9.17) is 5.73 Å². The van der Waals surface area contributed by atoms with Crippen molar-refractivity contribution in [3.63, 3.8) is 0 Å². The Morgan fingerprint density at radius 2 is 2.28 bits per heavy atom. The lowest BCUT2D eigenvalue weighted by Crippen LogP contribution is -2.32. The molecular weight excluding hydrogens is 228 g/mol. The summed E-state index contributed by atoms with van der Waals surface area (Å²) in [5.41, 5.74) is 7.84. The smallest absolute Gasteiger partial charge is 0.251 e. The molecule has 2 atom stereocenters. The molecule has 2 unspecified atom stereocenters. The largest absolute Gasteiger partial charge is 0.399 e. The molecule has 0 aliphatic heterocycles. The summed E-state index contributed by atoms with van der Waals surface area (Å²) in [6, 6.07) is 5.26. The molecule has 1 aliphatic carbocycles. The number of amides is 1. The van der Waals surface area contributed by atoms with Gasteiger partial charge in [-0.25, -0.2) is 0 Å². The number of carbonyl (C=O) groups is 1. The van der Waals surface area contributed by atoms with Crippen molar-refractivity contribution in [2.45, 2.75) is 32.3 Å². The molecule has 1 aliphatic rings. The molecule has 0 saturated heterocycles. The van der Waals surface area contributed by atoms with Crippen LogP contribution in [-0.4, -0.2) is 23.7 Å². The lowest BCUT2D eigenvalue weighted by Gasteiger charge is -2.15. The summed E-state index contributed by atoms with van der Waals surface area (Å²) < 4.78 is 0. The Morgan fingerprint density at radius 1 is 1.50 bits per heavy atom. The first kappa shape index (κ1) is 12.9. The van der Waals surface area contributed by atoms with E-state index in [1.165, 1.54) is 0 Å². The molecule has 2 rings (SSSR count). The zero-order valence-electron chi connectivity index (χ0n) is 10.6. The maximum absolute atomic E-state index is 12.0. The van der Waals surface area contributed by atoms with Crippen LogP contribution in [0.4, 0.5) is 5.69 Å². The average molecular weight is 248 g/mol. The molecule has 18 heavy (non-hydrogen) atoms. The Bertz CT molecular complexity index is 445. The highest BCUT2D eigenvalue weighted by Crippen LogP contribution is 2.24. The van der Waals surface area contributed by atoms with Crippen molar-refractivity contribution < 1.29 is 9.90 Å². The average Bonchev–Trinajstić information content (AvgIpc) is 2.72. The van der Waals surface area contributed by atoms with Gasteiger partial charge in [-0.05, 0) is 43.5 Å². The number of nitrogen functional groups attached to an aromatic ring is 1. The predicted octanol–water partition coefficient (Wildman–Crippen LogP) is 1.47. The van der Waals surface area contributed by atoms with Gasteiger partial charge in [0.05, 0.1) is 6.10 Å². The van der Waals surface area contributed by atoms with Crippen LogP contribution in [0.2, 0.25) is 0 Å². The third kappa shape index (κ3) is 2.82. The quantitative estimate of drug-likeness (QED) is 0.709. The predicted molar refractivity (Wildman–Crippen MR) is 71.3 cm³/mol. The molecule has 0 radical (unpaired) electrons. The van der Waals surface area contributed by atoms with Crippen molar-refractivity contribution in [2.24, 2.45) is 5.92 Å². The second-order valence-corrected chi connectivity index (χ2v) is 5.04. The summed E-state index contributed by atoms with van der Waals surface area (Å²) >= 11 is 0. The van der Waals surface area contributed by atoms with Crippen molar-refractivity contribution in [1.82, 2.24) is 5.32 Å². The third-order valence-electron chi connectivity index (χ3n) is 3.64. The SMILES string of the molecule is Cc1cc(N)ccc1C(=O)NCC1CCCC1O. The van der Waals surface area contributed by atoms with Gasteiger partial charge < -0.3 is 16.2 Å². The van der Waals surface area contributed by atoms with E-state index in [1.807, 2.05) is 6.92 Å². The van der Waals surface area contributed by atoms with Gasteiger partial charge >= 0.3 is 0 Å². The number of aliphatic hydroxyl groups excluding tert-OH is 1. The normalized spacial score (nSPS) is 23.0. The van der Waals surface area contributed by atoms with Gasteiger partial charge in [0.15, 0.2) is 0 Å². The van der Waals surface area contributed by atoms with E-state index in [-0.39, 0.29) is 17.9 Å². The molecule has 0 spiro atoms. The van der Waals surface area contributed by atoms with Crippen molar-refractivity contribution in [3.8, 4) is 0 Å². The summed E-state index contributed by atoms with van der Waals surface area (Å²) in [5.74, 6) is 0.106. The maximum Gasteiger partial charge on any atom is 0.251 e. The van der Waals surface area contributed by atoms with Crippen molar-refractivity contribution in [1.29, 1.82) is 0 Å². The van der Waals surface area contributed by atoms with E-state index in [0.29, 0.717) is 17.8 Å². The Labute approximate surface area is 107 Å². The second-order valence-electron chi connectivity index (χ2n) is 5.04. The van der Waals surface area contributed by atoms with Crippen LogP contribution < -0.4 is 11.1 Å². The first-order chi connectivity index (χ1) is 8.58. The van der Waals surface area contributed by atoms with Gasteiger partial charge in [0.1, 0.15) is 0 Å². The molecule has 0 aromatic heterocycles. The number of nitrogens with one attached hydrogen (secondary N) is 1. The minimum Gasteiger partial charge on any atom is -0.399 e. The van der Waals surface area contributed by atoms with Crippen LogP contribution in [0.25, 0.3) is 0 Å². The molecule has 4 N–H and O–H groups in total. The van der Waals surface area contributed by atoms with Crippen LogP contribution in [-0.2, 0) is 0 Å². The van der Waals surface area contributed by atoms with Gasteiger partial charge in [0, 0.05) is 23.7 Å². The number of benzene rings is 1. The monoisotopic (exact) mass is 248 g/mol. The number of hydrogen-bond donors (Lipinski definition) is 3. The van der Waals surface area contributed by atoms with Crippen LogP contribution in [0.3, 0.4) is 0 Å². The molecule has 1 amide bonds. The van der Waals surface area contributed by atoms with Crippen LogP contribution in [0.1, 0.15) is 35.2 Å². The first-order valence-corrected chi connectivity index (χ1v) is 6.40. The molecule has 1 fully saturated rings. The molecule has 4 heteroatoms. The minimum absolute atomic E-state index is 0.0911. The highest BCUT2D eigenvalue weighted by atomic mass is 16.3. The summed E-state index contributed by atoms with van der Waals surface area (Å²) in [5, 5.41) is 12.6. The molecule has 0 bridgehead atoms. The molecule has 1 aromatic rings. The summed E-state index contributed by atoms with van der Waals surface area (Å²) in [4.78, 5) is 12.0. The summed E-state index contributed by atoms with van der Waals surface area (Å²) in [6.07, 6.45) is 2.62. The van der Waals surface area contributed by atoms with E-state index < -0.39 is 0 Å². The maximum atomic E-state index is 12.0. The molecule has 1 aromatic carbocycles. The van der Waals surface area contributed by atoms with Crippen LogP contribution in [0.5, 0.6) is 0 Å². The number of rotatable bonds is 3. The van der Waals surface area contributed by atoms with Gasteiger partial charge in [-0.3, -0.25) is 4.79 Å². The number of nitrogens with two attached hydrogens (primary N) is 1. The van der Waals surface area contributed by atoms with Crippen molar-refractivity contribution in [3.05, 3.63) is 29.3 Å². The Kier molecular flexibility index (Phi) is 3.87.